The second-order valence-corrected chi connectivity index (χ2v) is 8.43. The zero-order chi connectivity index (χ0) is 22.0. The molecular formula is C23H27ClO7. The predicted octanol–water partition coefficient (Wildman–Crippen LogP) is 1.61. The predicted molar refractivity (Wildman–Crippen MR) is 113 cm³/mol. The lowest BCUT2D eigenvalue weighted by Gasteiger charge is -2.19. The Bertz CT molecular complexity index is 869. The first kappa shape index (κ1) is 22.5. The maximum atomic E-state index is 10.4. The topological polar surface area (TPSA) is 109 Å². The molecule has 4 N–H and O–H groups in total. The van der Waals surface area contributed by atoms with Crippen LogP contribution in [0, 0.1) is 0 Å². The van der Waals surface area contributed by atoms with E-state index in [4.69, 9.17) is 30.9 Å². The van der Waals surface area contributed by atoms with E-state index in [1.54, 1.807) is 12.1 Å². The van der Waals surface area contributed by atoms with Gasteiger partial charge in [0.1, 0.15) is 42.4 Å². The van der Waals surface area contributed by atoms with Crippen molar-refractivity contribution in [1.82, 2.24) is 0 Å². The van der Waals surface area contributed by atoms with Crippen LogP contribution in [0.15, 0.2) is 42.5 Å². The first-order valence-corrected chi connectivity index (χ1v) is 10.8. The van der Waals surface area contributed by atoms with Gasteiger partial charge in [0.15, 0.2) is 0 Å². The molecule has 0 saturated carbocycles. The van der Waals surface area contributed by atoms with Gasteiger partial charge in [-0.2, -0.15) is 0 Å². The standard InChI is InChI=1S/C23H27ClO7/c24-18-6-3-14(22-20(27)21(28)23(31-22)19(26)11-25)10-15(18)9-13-1-4-16(5-2-13)30-17-7-8-29-12-17/h1-6,10,17,19-23,25-28H,7-9,11-12H2/t17-,19+,20+,21+,22?,23+/m0/s1. The van der Waals surface area contributed by atoms with Gasteiger partial charge in [-0.25, -0.2) is 0 Å². The van der Waals surface area contributed by atoms with Crippen LogP contribution in [0.4, 0.5) is 0 Å². The molecule has 8 heteroatoms. The third kappa shape index (κ3) is 5.04. The minimum absolute atomic E-state index is 0.0957. The van der Waals surface area contributed by atoms with E-state index in [2.05, 4.69) is 0 Å². The summed E-state index contributed by atoms with van der Waals surface area (Å²) < 4.78 is 16.9. The number of hydrogen-bond donors (Lipinski definition) is 4. The van der Waals surface area contributed by atoms with E-state index < -0.39 is 37.1 Å². The second kappa shape index (κ2) is 9.83. The van der Waals surface area contributed by atoms with E-state index in [-0.39, 0.29) is 6.10 Å². The Labute approximate surface area is 185 Å². The summed E-state index contributed by atoms with van der Waals surface area (Å²) >= 11 is 6.40. The van der Waals surface area contributed by atoms with Gasteiger partial charge >= 0.3 is 0 Å². The zero-order valence-corrected chi connectivity index (χ0v) is 17.7. The molecular weight excluding hydrogens is 424 g/mol. The van der Waals surface area contributed by atoms with E-state index in [1.807, 2.05) is 30.3 Å². The van der Waals surface area contributed by atoms with E-state index >= 15 is 0 Å². The Hall–Kier alpha value is -1.71. The summed E-state index contributed by atoms with van der Waals surface area (Å²) in [6, 6.07) is 13.1. The van der Waals surface area contributed by atoms with E-state index in [0.717, 1.165) is 29.9 Å². The van der Waals surface area contributed by atoms with Crippen molar-refractivity contribution < 1.29 is 34.6 Å². The van der Waals surface area contributed by atoms with Crippen LogP contribution in [0.3, 0.4) is 0 Å². The van der Waals surface area contributed by atoms with Gasteiger partial charge in [-0.15, -0.1) is 0 Å². The number of rotatable bonds is 7. The Morgan fingerprint density at radius 1 is 1.10 bits per heavy atom. The van der Waals surface area contributed by atoms with Crippen molar-refractivity contribution in [2.24, 2.45) is 0 Å². The molecule has 31 heavy (non-hydrogen) atoms. The fourth-order valence-electron chi connectivity index (χ4n) is 4.01. The molecule has 4 rings (SSSR count). The molecule has 0 bridgehead atoms. The maximum absolute atomic E-state index is 10.4. The maximum Gasteiger partial charge on any atom is 0.124 e. The van der Waals surface area contributed by atoms with E-state index in [9.17, 15) is 15.3 Å². The van der Waals surface area contributed by atoms with Crippen LogP contribution in [0.5, 0.6) is 5.75 Å². The third-order valence-electron chi connectivity index (χ3n) is 5.77. The molecule has 7 nitrogen and oxygen atoms in total. The molecule has 0 aromatic heterocycles. The van der Waals surface area contributed by atoms with Crippen LogP contribution in [-0.4, -0.2) is 70.8 Å². The Morgan fingerprint density at radius 3 is 2.55 bits per heavy atom. The van der Waals surface area contributed by atoms with Gasteiger partial charge in [0, 0.05) is 11.4 Å². The normalized spacial score (nSPS) is 29.3. The van der Waals surface area contributed by atoms with Crippen molar-refractivity contribution >= 4 is 11.6 Å². The fourth-order valence-corrected chi connectivity index (χ4v) is 4.20. The number of halogens is 1. The highest BCUT2D eigenvalue weighted by Crippen LogP contribution is 2.36. The molecule has 2 aromatic rings. The highest BCUT2D eigenvalue weighted by molar-refractivity contribution is 6.31. The lowest BCUT2D eigenvalue weighted by Crippen LogP contribution is -2.40. The van der Waals surface area contributed by atoms with Crippen LogP contribution in [-0.2, 0) is 15.9 Å². The van der Waals surface area contributed by atoms with Gasteiger partial charge in [0.05, 0.1) is 19.8 Å². The minimum Gasteiger partial charge on any atom is -0.488 e. The molecule has 2 saturated heterocycles. The van der Waals surface area contributed by atoms with Crippen LogP contribution in [0.1, 0.15) is 29.2 Å². The average Bonchev–Trinajstić information content (AvgIpc) is 3.39. The molecule has 0 aliphatic carbocycles. The number of benzene rings is 2. The molecule has 6 atom stereocenters. The van der Waals surface area contributed by atoms with Crippen LogP contribution in [0.25, 0.3) is 0 Å². The van der Waals surface area contributed by atoms with Gasteiger partial charge < -0.3 is 34.6 Å². The van der Waals surface area contributed by atoms with Crippen LogP contribution in [0.2, 0.25) is 5.02 Å². The average molecular weight is 451 g/mol. The lowest BCUT2D eigenvalue weighted by atomic mass is 9.96. The number of ether oxygens (including phenoxy) is 3. The minimum atomic E-state index is -1.30. The summed E-state index contributed by atoms with van der Waals surface area (Å²) in [5, 5.41) is 40.1. The first-order chi connectivity index (χ1) is 15.0. The molecule has 2 fully saturated rings. The van der Waals surface area contributed by atoms with Gasteiger partial charge in [0.25, 0.3) is 0 Å². The van der Waals surface area contributed by atoms with Crippen LogP contribution < -0.4 is 4.74 Å². The molecule has 168 valence electrons. The second-order valence-electron chi connectivity index (χ2n) is 8.03. The molecule has 0 spiro atoms. The number of aliphatic hydroxyl groups is 4. The molecule has 2 aliphatic rings. The molecule has 1 unspecified atom stereocenters. The number of aliphatic hydroxyl groups excluding tert-OH is 4. The summed E-state index contributed by atoms with van der Waals surface area (Å²) in [7, 11) is 0. The zero-order valence-electron chi connectivity index (χ0n) is 16.9. The van der Waals surface area contributed by atoms with E-state index in [0.29, 0.717) is 23.6 Å². The largest absolute Gasteiger partial charge is 0.488 e. The molecule has 2 aromatic carbocycles. The van der Waals surface area contributed by atoms with Crippen molar-refractivity contribution in [2.45, 2.75) is 49.5 Å². The summed E-state index contributed by atoms with van der Waals surface area (Å²) in [6.07, 6.45) is -4.15. The van der Waals surface area contributed by atoms with Crippen molar-refractivity contribution in [1.29, 1.82) is 0 Å². The Balaban J connectivity index is 1.47. The van der Waals surface area contributed by atoms with Gasteiger partial charge in [-0.05, 0) is 41.3 Å². The highest BCUT2D eigenvalue weighted by atomic mass is 35.5. The Morgan fingerprint density at radius 2 is 1.87 bits per heavy atom. The lowest BCUT2D eigenvalue weighted by molar-refractivity contribution is -0.0820. The Kier molecular flexibility index (Phi) is 7.13. The number of hydrogen-bond acceptors (Lipinski definition) is 7. The van der Waals surface area contributed by atoms with Crippen molar-refractivity contribution in [2.75, 3.05) is 19.8 Å². The molecule has 2 heterocycles. The monoisotopic (exact) mass is 450 g/mol. The van der Waals surface area contributed by atoms with E-state index in [1.165, 1.54) is 0 Å². The van der Waals surface area contributed by atoms with Gasteiger partial charge in [0.2, 0.25) is 0 Å². The van der Waals surface area contributed by atoms with Gasteiger partial charge in [-0.3, -0.25) is 0 Å². The highest BCUT2D eigenvalue weighted by Gasteiger charge is 2.46. The summed E-state index contributed by atoms with van der Waals surface area (Å²) in [6.45, 7) is 0.776. The quantitative estimate of drug-likeness (QED) is 0.507. The van der Waals surface area contributed by atoms with Crippen LogP contribution >= 0.6 is 11.6 Å². The van der Waals surface area contributed by atoms with Crippen molar-refractivity contribution in [3.8, 4) is 5.75 Å². The van der Waals surface area contributed by atoms with Crippen molar-refractivity contribution in [3.63, 3.8) is 0 Å². The summed E-state index contributed by atoms with van der Waals surface area (Å²) in [5.41, 5.74) is 2.52. The first-order valence-electron chi connectivity index (χ1n) is 10.4. The van der Waals surface area contributed by atoms with Crippen molar-refractivity contribution in [3.05, 3.63) is 64.2 Å². The molecule has 0 radical (unpaired) electrons. The summed E-state index contributed by atoms with van der Waals surface area (Å²) in [5.74, 6) is 0.795. The third-order valence-corrected chi connectivity index (χ3v) is 6.14. The molecule has 0 amide bonds. The summed E-state index contributed by atoms with van der Waals surface area (Å²) in [4.78, 5) is 0. The molecule has 2 aliphatic heterocycles. The SMILES string of the molecule is OC[C@@H](O)[C@H]1OC(c2ccc(Cl)c(Cc3ccc(O[C@H]4CCOC4)cc3)c2)[C@H](O)[C@H]1O. The van der Waals surface area contributed by atoms with Gasteiger partial charge in [-0.1, -0.05) is 35.9 Å². The fraction of sp³-hybridized carbons (Fsp3) is 0.478. The smallest absolute Gasteiger partial charge is 0.124 e.